The Morgan fingerprint density at radius 1 is 1.41 bits per heavy atom. The zero-order valence-electron chi connectivity index (χ0n) is 10.7. The average Bonchev–Trinajstić information content (AvgIpc) is 2.41. The third-order valence-electron chi connectivity index (χ3n) is 2.56. The molecule has 0 aromatic heterocycles. The van der Waals surface area contributed by atoms with Crippen molar-refractivity contribution in [1.29, 1.82) is 0 Å². The van der Waals surface area contributed by atoms with Gasteiger partial charge < -0.3 is 10.2 Å². The minimum Gasteiger partial charge on any atom is -0.318 e. The van der Waals surface area contributed by atoms with Gasteiger partial charge in [0.25, 0.3) is 11.7 Å². The molecule has 2 rings (SSSR count). The molecular formula is C11H5Br2N3O6. The number of nitrogens with zero attached hydrogens (tertiary/aromatic N) is 2. The number of hydrogen-bond donors (Lipinski definition) is 1. The molecule has 114 valence electrons. The molecule has 1 heterocycles. The largest absolute Gasteiger partial charge is 0.332 e. The lowest BCUT2D eigenvalue weighted by Crippen LogP contribution is -2.36. The molecule has 1 aromatic rings. The van der Waals surface area contributed by atoms with E-state index in [9.17, 15) is 24.5 Å². The number of carbonyl (C=O) groups is 3. The van der Waals surface area contributed by atoms with Gasteiger partial charge in [-0.15, -0.1) is 0 Å². The first-order valence-electron chi connectivity index (χ1n) is 5.52. The number of Topliss-reactive ketones (excluding diaryl/α,β-unsaturated/α-hetero) is 1. The standard InChI is InChI=1S/C11H5Br2N3O6/c1-3(17)22-15-8-4-2-5(12)6(13)9(16(20)21)7(4)14-11(19)10(8)18/h2H,1H3,(H,14,19). The molecule has 0 saturated carbocycles. The quantitative estimate of drug-likeness (QED) is 0.327. The Bertz CT molecular complexity index is 774. The van der Waals surface area contributed by atoms with Crippen molar-refractivity contribution >= 4 is 66.6 Å². The highest BCUT2D eigenvalue weighted by atomic mass is 79.9. The van der Waals surface area contributed by atoms with Crippen LogP contribution in [0.1, 0.15) is 12.5 Å². The molecule has 0 saturated heterocycles. The van der Waals surface area contributed by atoms with Crippen LogP contribution in [0, 0.1) is 10.1 Å². The molecule has 22 heavy (non-hydrogen) atoms. The van der Waals surface area contributed by atoms with Crippen molar-refractivity contribution in [1.82, 2.24) is 0 Å². The summed E-state index contributed by atoms with van der Waals surface area (Å²) in [6.07, 6.45) is 0. The fraction of sp³-hybridized carbons (Fsp3) is 0.0909. The molecule has 1 aliphatic rings. The van der Waals surface area contributed by atoms with Crippen molar-refractivity contribution in [2.24, 2.45) is 5.16 Å². The molecule has 0 spiro atoms. The third kappa shape index (κ3) is 2.76. The van der Waals surface area contributed by atoms with Gasteiger partial charge in [-0.25, -0.2) is 4.79 Å². The summed E-state index contributed by atoms with van der Waals surface area (Å²) < 4.78 is 0.343. The van der Waals surface area contributed by atoms with Crippen molar-refractivity contribution in [3.05, 3.63) is 30.7 Å². The topological polar surface area (TPSA) is 128 Å². The molecule has 0 bridgehead atoms. The number of nitro groups is 1. The van der Waals surface area contributed by atoms with E-state index in [-0.39, 0.29) is 20.2 Å². The predicted molar refractivity (Wildman–Crippen MR) is 80.4 cm³/mol. The van der Waals surface area contributed by atoms with Crippen LogP contribution in [0.25, 0.3) is 0 Å². The molecule has 1 N–H and O–H groups in total. The first kappa shape index (κ1) is 16.2. The minimum atomic E-state index is -1.12. The van der Waals surface area contributed by atoms with Crippen molar-refractivity contribution in [3.8, 4) is 0 Å². The normalized spacial score (nSPS) is 15.3. The Hall–Kier alpha value is -2.14. The molecule has 1 aromatic carbocycles. The van der Waals surface area contributed by atoms with Crippen LogP contribution in [0.15, 0.2) is 20.2 Å². The summed E-state index contributed by atoms with van der Waals surface area (Å²) in [4.78, 5) is 49.2. The van der Waals surface area contributed by atoms with E-state index in [1.54, 1.807) is 0 Å². The van der Waals surface area contributed by atoms with Gasteiger partial charge in [0.15, 0.2) is 5.71 Å². The molecular weight excluding hydrogens is 430 g/mol. The van der Waals surface area contributed by atoms with Crippen LogP contribution in [-0.2, 0) is 19.2 Å². The molecule has 9 nitrogen and oxygen atoms in total. The Morgan fingerprint density at radius 3 is 2.59 bits per heavy atom. The molecule has 11 heteroatoms. The molecule has 0 unspecified atom stereocenters. The number of hydrogen-bond acceptors (Lipinski definition) is 7. The number of oxime groups is 1. The van der Waals surface area contributed by atoms with Gasteiger partial charge in [-0.05, 0) is 37.9 Å². The third-order valence-corrected chi connectivity index (χ3v) is 4.52. The van der Waals surface area contributed by atoms with Gasteiger partial charge in [0.2, 0.25) is 0 Å². The average molecular weight is 435 g/mol. The summed E-state index contributed by atoms with van der Waals surface area (Å²) in [6, 6.07) is 1.34. The van der Waals surface area contributed by atoms with E-state index < -0.39 is 34.0 Å². The second-order valence-electron chi connectivity index (χ2n) is 4.01. The zero-order valence-corrected chi connectivity index (χ0v) is 13.8. The summed E-state index contributed by atoms with van der Waals surface area (Å²) >= 11 is 6.13. The number of rotatable bonds is 2. The van der Waals surface area contributed by atoms with E-state index >= 15 is 0 Å². The monoisotopic (exact) mass is 433 g/mol. The molecule has 0 atom stereocenters. The number of carbonyl (C=O) groups excluding carboxylic acids is 3. The van der Waals surface area contributed by atoms with Gasteiger partial charge >= 0.3 is 11.7 Å². The van der Waals surface area contributed by atoms with Crippen molar-refractivity contribution in [3.63, 3.8) is 0 Å². The predicted octanol–water partition coefficient (Wildman–Crippen LogP) is 1.91. The highest BCUT2D eigenvalue weighted by molar-refractivity contribution is 9.13. The number of benzene rings is 1. The van der Waals surface area contributed by atoms with Gasteiger partial charge in [0.1, 0.15) is 10.2 Å². The van der Waals surface area contributed by atoms with E-state index in [1.807, 2.05) is 0 Å². The second-order valence-corrected chi connectivity index (χ2v) is 5.65. The van der Waals surface area contributed by atoms with Gasteiger partial charge in [-0.1, -0.05) is 5.16 Å². The number of nitro benzene ring substituents is 1. The number of amides is 1. The Labute approximate surface area is 139 Å². The van der Waals surface area contributed by atoms with Crippen molar-refractivity contribution in [2.45, 2.75) is 6.92 Å². The number of anilines is 1. The first-order chi connectivity index (χ1) is 10.2. The minimum absolute atomic E-state index is 0.0346. The second kappa shape index (κ2) is 5.93. The fourth-order valence-electron chi connectivity index (χ4n) is 1.70. The zero-order chi connectivity index (χ0) is 16.6. The first-order valence-corrected chi connectivity index (χ1v) is 7.10. The van der Waals surface area contributed by atoms with E-state index in [2.05, 4.69) is 47.2 Å². The van der Waals surface area contributed by atoms with E-state index in [4.69, 9.17) is 0 Å². The van der Waals surface area contributed by atoms with Crippen LogP contribution in [-0.4, -0.2) is 28.3 Å². The van der Waals surface area contributed by atoms with Crippen LogP contribution in [0.3, 0.4) is 0 Å². The Balaban J connectivity index is 2.77. The SMILES string of the molecule is CC(=O)ON=C1C(=O)C(=O)Nc2c1cc(Br)c(Br)c2[N+](=O)[O-]. The van der Waals surface area contributed by atoms with E-state index in [1.165, 1.54) is 6.07 Å². The highest BCUT2D eigenvalue weighted by Crippen LogP contribution is 2.42. The highest BCUT2D eigenvalue weighted by Gasteiger charge is 2.38. The van der Waals surface area contributed by atoms with Crippen LogP contribution < -0.4 is 5.32 Å². The summed E-state index contributed by atoms with van der Waals surface area (Å²) in [7, 11) is 0. The molecule has 1 amide bonds. The van der Waals surface area contributed by atoms with Crippen LogP contribution >= 0.6 is 31.9 Å². The fourth-order valence-corrected chi connectivity index (χ4v) is 2.57. The van der Waals surface area contributed by atoms with E-state index in [0.29, 0.717) is 0 Å². The smallest absolute Gasteiger partial charge is 0.318 e. The summed E-state index contributed by atoms with van der Waals surface area (Å²) in [5.41, 5.74) is -1.20. The summed E-state index contributed by atoms with van der Waals surface area (Å²) in [5, 5.41) is 16.7. The van der Waals surface area contributed by atoms with Crippen LogP contribution in [0.5, 0.6) is 0 Å². The van der Waals surface area contributed by atoms with Crippen LogP contribution in [0.2, 0.25) is 0 Å². The molecule has 1 aliphatic heterocycles. The lowest BCUT2D eigenvalue weighted by Gasteiger charge is -2.18. The maximum absolute atomic E-state index is 11.8. The number of fused-ring (bicyclic) bond motifs is 1. The van der Waals surface area contributed by atoms with Crippen LogP contribution in [0.4, 0.5) is 11.4 Å². The molecule has 0 fully saturated rings. The number of ketones is 1. The Kier molecular flexibility index (Phi) is 4.37. The van der Waals surface area contributed by atoms with Gasteiger partial charge in [-0.2, -0.15) is 0 Å². The van der Waals surface area contributed by atoms with Crippen molar-refractivity contribution in [2.75, 3.05) is 5.32 Å². The lowest BCUT2D eigenvalue weighted by atomic mass is 9.98. The summed E-state index contributed by atoms with van der Waals surface area (Å²) in [6.45, 7) is 1.05. The number of nitrogens with one attached hydrogen (secondary N) is 1. The maximum atomic E-state index is 11.8. The molecule has 0 radical (unpaired) electrons. The Morgan fingerprint density at radius 2 is 2.05 bits per heavy atom. The maximum Gasteiger partial charge on any atom is 0.332 e. The summed E-state index contributed by atoms with van der Waals surface area (Å²) in [5.74, 6) is -2.99. The van der Waals surface area contributed by atoms with Gasteiger partial charge in [-0.3, -0.25) is 19.7 Å². The number of halogens is 2. The molecule has 0 aliphatic carbocycles. The van der Waals surface area contributed by atoms with E-state index in [0.717, 1.165) is 6.92 Å². The van der Waals surface area contributed by atoms with Gasteiger partial charge in [0.05, 0.1) is 4.92 Å². The van der Waals surface area contributed by atoms with Crippen molar-refractivity contribution < 1.29 is 24.1 Å². The lowest BCUT2D eigenvalue weighted by molar-refractivity contribution is -0.384. The van der Waals surface area contributed by atoms with Gasteiger partial charge in [0, 0.05) is 17.0 Å².